The molecule has 1 aliphatic heterocycles. The van der Waals surface area contributed by atoms with Crippen molar-refractivity contribution in [1.29, 1.82) is 0 Å². The number of carbonyl (C=O) groups is 4. The van der Waals surface area contributed by atoms with E-state index < -0.39 is 54.6 Å². The maximum Gasteiger partial charge on any atom is 0.325 e. The molecular weight excluding hydrogens is 575 g/mol. The molecule has 0 aromatic heterocycles. The Morgan fingerprint density at radius 1 is 1.16 bits per heavy atom. The number of hydrogen-bond donors (Lipinski definition) is 3. The Morgan fingerprint density at radius 3 is 2.34 bits per heavy atom. The number of allylic oxidation sites excluding steroid dienone is 1. The summed E-state index contributed by atoms with van der Waals surface area (Å²) in [6.45, 7) is 13.5. The van der Waals surface area contributed by atoms with Gasteiger partial charge in [-0.05, 0) is 44.8 Å². The third-order valence-electron chi connectivity index (χ3n) is 6.45. The molecule has 1 fully saturated rings. The van der Waals surface area contributed by atoms with Gasteiger partial charge in [-0.25, -0.2) is 5.43 Å². The molecular formula is C24H41Cl3N4O6Si. The number of carbonyl (C=O) groups excluding carboxylic acids is 4. The van der Waals surface area contributed by atoms with Crippen LogP contribution < -0.4 is 16.1 Å². The molecule has 3 atom stereocenters. The highest BCUT2D eigenvalue weighted by Gasteiger charge is 2.39. The fourth-order valence-electron chi connectivity index (χ4n) is 3.15. The number of hydrazine groups is 1. The number of nitrogens with zero attached hydrogens (tertiary/aromatic N) is 1. The lowest BCUT2D eigenvalue weighted by atomic mass is 10.1. The first-order valence-corrected chi connectivity index (χ1v) is 16.6. The molecule has 14 heteroatoms. The van der Waals surface area contributed by atoms with Crippen molar-refractivity contribution in [2.24, 2.45) is 0 Å². The van der Waals surface area contributed by atoms with Crippen LogP contribution in [-0.2, 0) is 28.3 Å². The Hall–Kier alpha value is -1.37. The normalized spacial score (nSPS) is 18.6. The van der Waals surface area contributed by atoms with Crippen molar-refractivity contribution in [3.63, 3.8) is 0 Å². The molecule has 38 heavy (non-hydrogen) atoms. The molecule has 1 saturated heterocycles. The van der Waals surface area contributed by atoms with E-state index in [9.17, 15) is 19.2 Å². The van der Waals surface area contributed by atoms with E-state index in [2.05, 4.69) is 36.8 Å². The van der Waals surface area contributed by atoms with Crippen LogP contribution in [0.2, 0.25) is 18.1 Å². The largest absolute Gasteiger partial charge is 0.460 e. The summed E-state index contributed by atoms with van der Waals surface area (Å²) in [7, 11) is -2.21. The summed E-state index contributed by atoms with van der Waals surface area (Å²) < 4.78 is 9.45. The van der Waals surface area contributed by atoms with E-state index in [1.807, 2.05) is 13.1 Å². The summed E-state index contributed by atoms with van der Waals surface area (Å²) in [4.78, 5) is 50.9. The lowest BCUT2D eigenvalue weighted by molar-refractivity contribution is -0.152. The average Bonchev–Trinajstić information content (AvgIpc) is 2.81. The topological polar surface area (TPSA) is 126 Å². The van der Waals surface area contributed by atoms with E-state index in [0.717, 1.165) is 0 Å². The van der Waals surface area contributed by atoms with Gasteiger partial charge in [-0.2, -0.15) is 0 Å². The molecule has 1 rings (SSSR count). The van der Waals surface area contributed by atoms with Gasteiger partial charge in [0.25, 0.3) is 5.91 Å². The van der Waals surface area contributed by atoms with E-state index in [1.54, 1.807) is 19.1 Å². The first-order valence-electron chi connectivity index (χ1n) is 12.5. The summed E-state index contributed by atoms with van der Waals surface area (Å²) in [5, 5.41) is 6.55. The molecule has 0 spiro atoms. The average molecular weight is 616 g/mol. The van der Waals surface area contributed by atoms with Gasteiger partial charge >= 0.3 is 5.97 Å². The summed E-state index contributed by atoms with van der Waals surface area (Å²) >= 11 is 16.9. The number of hydrogen-bond acceptors (Lipinski definition) is 7. The summed E-state index contributed by atoms with van der Waals surface area (Å²) in [6.07, 6.45) is 4.49. The highest BCUT2D eigenvalue weighted by molar-refractivity contribution is 6.74. The number of esters is 1. The van der Waals surface area contributed by atoms with Crippen molar-refractivity contribution >= 4 is 66.8 Å². The van der Waals surface area contributed by atoms with Gasteiger partial charge in [0.1, 0.15) is 24.7 Å². The van der Waals surface area contributed by atoms with Gasteiger partial charge in [0.15, 0.2) is 8.32 Å². The third kappa shape index (κ3) is 11.8. The van der Waals surface area contributed by atoms with Crippen molar-refractivity contribution in [1.82, 2.24) is 21.1 Å². The predicted octanol–water partition coefficient (Wildman–Crippen LogP) is 3.37. The van der Waals surface area contributed by atoms with E-state index in [4.69, 9.17) is 44.0 Å². The zero-order chi connectivity index (χ0) is 29.3. The summed E-state index contributed by atoms with van der Waals surface area (Å²) in [5.74, 6) is -2.00. The van der Waals surface area contributed by atoms with Gasteiger partial charge in [-0.15, -0.1) is 0 Å². The maximum absolute atomic E-state index is 13.2. The van der Waals surface area contributed by atoms with Crippen molar-refractivity contribution < 1.29 is 28.3 Å². The minimum Gasteiger partial charge on any atom is -0.460 e. The Labute approximate surface area is 241 Å². The Morgan fingerprint density at radius 2 is 1.79 bits per heavy atom. The van der Waals surface area contributed by atoms with Gasteiger partial charge in [0.2, 0.25) is 15.6 Å². The molecule has 0 aliphatic carbocycles. The number of amides is 3. The molecule has 0 radical (unpaired) electrons. The zero-order valence-corrected chi connectivity index (χ0v) is 26.4. The Balaban J connectivity index is 2.85. The number of halogens is 3. The lowest BCUT2D eigenvalue weighted by Gasteiger charge is -2.37. The standard InChI is InChI=1S/C24H41Cl3N4O6Si/c1-8-9-12-19(32)29-18(14-37-38(6,7)23(3,4)5)20(33)28-16(2)21(34)31-13-10-11-17(30-31)22(35)36-15-24(25,26)27/h8-9,16-18,30H,10-15H2,1-7H3,(H,28,33)(H,29,32). The number of nitrogens with one attached hydrogen (secondary N) is 3. The van der Waals surface area contributed by atoms with Crippen molar-refractivity contribution in [3.8, 4) is 0 Å². The highest BCUT2D eigenvalue weighted by Crippen LogP contribution is 2.36. The first-order chi connectivity index (χ1) is 17.4. The smallest absolute Gasteiger partial charge is 0.325 e. The predicted molar refractivity (Wildman–Crippen MR) is 151 cm³/mol. The molecule has 0 aromatic rings. The second kappa shape index (κ2) is 14.9. The van der Waals surface area contributed by atoms with Crippen LogP contribution in [0, 0.1) is 0 Å². The number of rotatable bonds is 11. The molecule has 3 N–H and O–H groups in total. The van der Waals surface area contributed by atoms with Crippen LogP contribution in [0.4, 0.5) is 0 Å². The minimum absolute atomic E-state index is 0.0239. The van der Waals surface area contributed by atoms with Crippen LogP contribution in [0.1, 0.15) is 53.9 Å². The van der Waals surface area contributed by atoms with Crippen molar-refractivity contribution in [2.75, 3.05) is 19.8 Å². The molecule has 0 bridgehead atoms. The number of alkyl halides is 3. The van der Waals surface area contributed by atoms with Crippen LogP contribution in [-0.4, -0.2) is 78.7 Å². The van der Waals surface area contributed by atoms with Gasteiger partial charge < -0.3 is 19.8 Å². The molecule has 3 unspecified atom stereocenters. The summed E-state index contributed by atoms with van der Waals surface area (Å²) in [5.41, 5.74) is 2.82. The van der Waals surface area contributed by atoms with Crippen molar-refractivity contribution in [3.05, 3.63) is 12.2 Å². The van der Waals surface area contributed by atoms with Crippen LogP contribution in [0.15, 0.2) is 12.2 Å². The molecule has 0 saturated carbocycles. The Bertz CT molecular complexity index is 876. The molecule has 10 nitrogen and oxygen atoms in total. The molecule has 3 amide bonds. The molecule has 1 heterocycles. The fourth-order valence-corrected chi connectivity index (χ4v) is 4.33. The second-order valence-electron chi connectivity index (χ2n) is 10.7. The van der Waals surface area contributed by atoms with Crippen molar-refractivity contribution in [2.45, 2.75) is 93.9 Å². The van der Waals surface area contributed by atoms with Crippen LogP contribution >= 0.6 is 34.8 Å². The van der Waals surface area contributed by atoms with E-state index in [-0.39, 0.29) is 24.0 Å². The van der Waals surface area contributed by atoms with E-state index in [0.29, 0.717) is 19.4 Å². The minimum atomic E-state index is -2.21. The van der Waals surface area contributed by atoms with E-state index in [1.165, 1.54) is 11.9 Å². The Kier molecular flexibility index (Phi) is 13.5. The lowest BCUT2D eigenvalue weighted by Crippen LogP contribution is -2.61. The highest BCUT2D eigenvalue weighted by atomic mass is 35.6. The number of ether oxygens (including phenoxy) is 1. The summed E-state index contributed by atoms with van der Waals surface area (Å²) in [6, 6.07) is -2.75. The van der Waals surface area contributed by atoms with Crippen LogP contribution in [0.3, 0.4) is 0 Å². The second-order valence-corrected chi connectivity index (χ2v) is 18.1. The van der Waals surface area contributed by atoms with Gasteiger partial charge in [-0.1, -0.05) is 67.7 Å². The van der Waals surface area contributed by atoms with Gasteiger partial charge in [0.05, 0.1) is 6.61 Å². The van der Waals surface area contributed by atoms with E-state index >= 15 is 0 Å². The van der Waals surface area contributed by atoms with Gasteiger partial charge in [-0.3, -0.25) is 24.2 Å². The zero-order valence-electron chi connectivity index (χ0n) is 23.2. The quantitative estimate of drug-likeness (QED) is 0.141. The monoisotopic (exact) mass is 614 g/mol. The third-order valence-corrected chi connectivity index (χ3v) is 11.3. The maximum atomic E-state index is 13.2. The molecule has 1 aliphatic rings. The SMILES string of the molecule is CC=CCC(=O)NC(CO[Si](C)(C)C(C)(C)C)C(=O)NC(C)C(=O)N1CCCC(C(=O)OCC(Cl)(Cl)Cl)N1. The van der Waals surface area contributed by atoms with Gasteiger partial charge in [0, 0.05) is 13.0 Å². The molecule has 0 aromatic carbocycles. The fraction of sp³-hybridized carbons (Fsp3) is 0.750. The van der Waals surface area contributed by atoms with Crippen LogP contribution in [0.5, 0.6) is 0 Å². The molecule has 218 valence electrons. The first kappa shape index (κ1) is 34.7. The van der Waals surface area contributed by atoms with Crippen LogP contribution in [0.25, 0.3) is 0 Å².